The van der Waals surface area contributed by atoms with E-state index in [0.717, 1.165) is 21.0 Å². The number of hydrogen-bond acceptors (Lipinski definition) is 2. The molecule has 0 N–H and O–H groups in total. The molecule has 0 aliphatic heterocycles. The maximum atomic E-state index is 11.8. The second-order valence-corrected chi connectivity index (χ2v) is 6.53. The lowest BCUT2D eigenvalue weighted by Crippen LogP contribution is -2.26. The van der Waals surface area contributed by atoms with Gasteiger partial charge in [-0.1, -0.05) is 48.8 Å². The van der Waals surface area contributed by atoms with Gasteiger partial charge >= 0.3 is 0 Å². The largest absolute Gasteiger partial charge is 0.486 e. The summed E-state index contributed by atoms with van der Waals surface area (Å²) >= 11 is 3.45. The molecule has 0 aliphatic rings. The van der Waals surface area contributed by atoms with Gasteiger partial charge in [-0.2, -0.15) is 0 Å². The Morgan fingerprint density at radius 2 is 1.74 bits per heavy atom. The molecule has 0 unspecified atom stereocenters. The topological polar surface area (TPSA) is 26.3 Å². The summed E-state index contributed by atoms with van der Waals surface area (Å²) in [6, 6.07) is 11.9. The first-order valence-electron chi connectivity index (χ1n) is 6.22. The van der Waals surface area contributed by atoms with Crippen LogP contribution in [0.5, 0.6) is 5.75 Å². The van der Waals surface area contributed by atoms with Gasteiger partial charge in [0.25, 0.3) is 0 Å². The fourth-order valence-corrected chi connectivity index (χ4v) is 2.03. The van der Waals surface area contributed by atoms with Crippen LogP contribution in [0.2, 0.25) is 0 Å². The molecule has 2 aromatic rings. The van der Waals surface area contributed by atoms with Gasteiger partial charge < -0.3 is 4.74 Å². The third-order valence-corrected chi connectivity index (χ3v) is 3.47. The SMILES string of the molecule is CC(C)(C)C(=O)COc1ccc2cc(Br)ccc2c1. The van der Waals surface area contributed by atoms with Crippen LogP contribution in [0.1, 0.15) is 20.8 Å². The van der Waals surface area contributed by atoms with E-state index in [9.17, 15) is 4.79 Å². The second-order valence-electron chi connectivity index (χ2n) is 5.62. The summed E-state index contributed by atoms with van der Waals surface area (Å²) in [5.41, 5.74) is -0.359. The molecule has 2 aromatic carbocycles. The zero-order valence-corrected chi connectivity index (χ0v) is 13.0. The van der Waals surface area contributed by atoms with E-state index in [1.807, 2.05) is 51.1 Å². The summed E-state index contributed by atoms with van der Waals surface area (Å²) < 4.78 is 6.62. The highest BCUT2D eigenvalue weighted by molar-refractivity contribution is 9.10. The molecule has 0 spiro atoms. The van der Waals surface area contributed by atoms with Crippen LogP contribution >= 0.6 is 15.9 Å². The van der Waals surface area contributed by atoms with Crippen LogP contribution in [0, 0.1) is 5.41 Å². The highest BCUT2D eigenvalue weighted by Gasteiger charge is 2.21. The summed E-state index contributed by atoms with van der Waals surface area (Å²) in [7, 11) is 0. The Bertz CT molecular complexity index is 612. The Balaban J connectivity index is 2.14. The van der Waals surface area contributed by atoms with Gasteiger partial charge in [-0.05, 0) is 35.0 Å². The number of ketones is 1. The van der Waals surface area contributed by atoms with Crippen LogP contribution in [0.4, 0.5) is 0 Å². The molecule has 0 aliphatic carbocycles. The Kier molecular flexibility index (Phi) is 3.95. The van der Waals surface area contributed by atoms with Crippen molar-refractivity contribution in [2.45, 2.75) is 20.8 Å². The number of fused-ring (bicyclic) bond motifs is 1. The van der Waals surface area contributed by atoms with E-state index < -0.39 is 0 Å². The number of ether oxygens (including phenoxy) is 1. The number of rotatable bonds is 3. The molecule has 0 amide bonds. The molecule has 0 fully saturated rings. The Hall–Kier alpha value is -1.35. The number of hydrogen-bond donors (Lipinski definition) is 0. The van der Waals surface area contributed by atoms with Crippen molar-refractivity contribution < 1.29 is 9.53 Å². The lowest BCUT2D eigenvalue weighted by Gasteiger charge is -2.16. The van der Waals surface area contributed by atoms with Crippen molar-refractivity contribution in [3.63, 3.8) is 0 Å². The second kappa shape index (κ2) is 5.33. The number of Topliss-reactive ketones (excluding diaryl/α,β-unsaturated/α-hetero) is 1. The fourth-order valence-electron chi connectivity index (χ4n) is 1.65. The van der Waals surface area contributed by atoms with Crippen molar-refractivity contribution in [3.8, 4) is 5.75 Å². The van der Waals surface area contributed by atoms with E-state index in [4.69, 9.17) is 4.74 Å². The van der Waals surface area contributed by atoms with E-state index in [2.05, 4.69) is 22.0 Å². The van der Waals surface area contributed by atoms with Crippen LogP contribution in [0.15, 0.2) is 40.9 Å². The first-order valence-corrected chi connectivity index (χ1v) is 7.01. The normalized spacial score (nSPS) is 11.6. The lowest BCUT2D eigenvalue weighted by molar-refractivity contribution is -0.128. The summed E-state index contributed by atoms with van der Waals surface area (Å²) in [6.45, 7) is 5.81. The van der Waals surface area contributed by atoms with Crippen molar-refractivity contribution in [3.05, 3.63) is 40.9 Å². The van der Waals surface area contributed by atoms with Gasteiger partial charge in [0.1, 0.15) is 12.4 Å². The van der Waals surface area contributed by atoms with Crippen molar-refractivity contribution in [2.24, 2.45) is 5.41 Å². The molecule has 2 rings (SSSR count). The third-order valence-electron chi connectivity index (χ3n) is 2.98. The Morgan fingerprint density at radius 1 is 1.11 bits per heavy atom. The van der Waals surface area contributed by atoms with Crippen LogP contribution in [0.3, 0.4) is 0 Å². The average molecular weight is 321 g/mol. The van der Waals surface area contributed by atoms with Gasteiger partial charge in [-0.25, -0.2) is 0 Å². The Morgan fingerprint density at radius 3 is 2.42 bits per heavy atom. The summed E-state index contributed by atoms with van der Waals surface area (Å²) in [5, 5.41) is 2.24. The molecule has 0 saturated carbocycles. The molecule has 0 bridgehead atoms. The van der Waals surface area contributed by atoms with Gasteiger partial charge in [-0.15, -0.1) is 0 Å². The monoisotopic (exact) mass is 320 g/mol. The third kappa shape index (κ3) is 3.57. The summed E-state index contributed by atoms with van der Waals surface area (Å²) in [4.78, 5) is 11.8. The predicted octanol–water partition coefficient (Wildman–Crippen LogP) is 4.60. The van der Waals surface area contributed by atoms with Gasteiger partial charge in [0.2, 0.25) is 0 Å². The maximum absolute atomic E-state index is 11.8. The number of carbonyl (C=O) groups excluding carboxylic acids is 1. The zero-order valence-electron chi connectivity index (χ0n) is 11.4. The molecule has 0 atom stereocenters. The molecule has 19 heavy (non-hydrogen) atoms. The van der Waals surface area contributed by atoms with E-state index in [0.29, 0.717) is 0 Å². The van der Waals surface area contributed by atoms with Crippen molar-refractivity contribution in [1.29, 1.82) is 0 Å². The van der Waals surface area contributed by atoms with Gasteiger partial charge in [0.15, 0.2) is 5.78 Å². The van der Waals surface area contributed by atoms with Crippen LogP contribution < -0.4 is 4.74 Å². The average Bonchev–Trinajstić information content (AvgIpc) is 2.34. The first kappa shape index (κ1) is 14.1. The molecular weight excluding hydrogens is 304 g/mol. The number of carbonyl (C=O) groups is 1. The minimum absolute atomic E-state index is 0.100. The van der Waals surface area contributed by atoms with E-state index in [1.165, 1.54) is 0 Å². The maximum Gasteiger partial charge on any atom is 0.175 e. The molecule has 2 nitrogen and oxygen atoms in total. The van der Waals surface area contributed by atoms with E-state index in [-0.39, 0.29) is 17.8 Å². The number of benzene rings is 2. The standard InChI is InChI=1S/C16H17BrO2/c1-16(2,3)15(18)10-19-14-7-5-11-8-13(17)6-4-12(11)9-14/h4-9H,10H2,1-3H3. The first-order chi connectivity index (χ1) is 8.86. The highest BCUT2D eigenvalue weighted by Crippen LogP contribution is 2.24. The molecule has 0 aromatic heterocycles. The number of halogens is 1. The van der Waals surface area contributed by atoms with Crippen molar-refractivity contribution in [1.82, 2.24) is 0 Å². The molecule has 0 radical (unpaired) electrons. The summed E-state index contributed by atoms with van der Waals surface area (Å²) in [5.74, 6) is 0.829. The predicted molar refractivity (Wildman–Crippen MR) is 81.6 cm³/mol. The Labute approximate surface area is 121 Å². The van der Waals surface area contributed by atoms with Gasteiger partial charge in [0.05, 0.1) is 0 Å². The molecular formula is C16H17BrO2. The van der Waals surface area contributed by atoms with Crippen molar-refractivity contribution in [2.75, 3.05) is 6.61 Å². The van der Waals surface area contributed by atoms with Crippen LogP contribution in [-0.2, 0) is 4.79 Å². The quantitative estimate of drug-likeness (QED) is 0.826. The molecule has 100 valence electrons. The van der Waals surface area contributed by atoms with E-state index in [1.54, 1.807) is 0 Å². The van der Waals surface area contributed by atoms with E-state index >= 15 is 0 Å². The minimum Gasteiger partial charge on any atom is -0.486 e. The minimum atomic E-state index is -0.359. The molecule has 3 heteroatoms. The molecule has 0 heterocycles. The fraction of sp³-hybridized carbons (Fsp3) is 0.312. The smallest absolute Gasteiger partial charge is 0.175 e. The van der Waals surface area contributed by atoms with Crippen LogP contribution in [-0.4, -0.2) is 12.4 Å². The lowest BCUT2D eigenvalue weighted by atomic mass is 9.91. The summed E-state index contributed by atoms with van der Waals surface area (Å²) in [6.07, 6.45) is 0. The van der Waals surface area contributed by atoms with Crippen molar-refractivity contribution >= 4 is 32.5 Å². The van der Waals surface area contributed by atoms with Crippen LogP contribution in [0.25, 0.3) is 10.8 Å². The highest BCUT2D eigenvalue weighted by atomic mass is 79.9. The van der Waals surface area contributed by atoms with Gasteiger partial charge in [-0.3, -0.25) is 4.79 Å². The van der Waals surface area contributed by atoms with Gasteiger partial charge in [0, 0.05) is 9.89 Å². The zero-order chi connectivity index (χ0) is 14.0. The molecule has 0 saturated heterocycles.